The van der Waals surface area contributed by atoms with E-state index in [1.54, 1.807) is 18.2 Å². The molecule has 134 valence electrons. The summed E-state index contributed by atoms with van der Waals surface area (Å²) in [4.78, 5) is 12.1. The van der Waals surface area contributed by atoms with E-state index in [1.165, 1.54) is 16.9 Å². The molecule has 26 heavy (non-hydrogen) atoms. The minimum absolute atomic E-state index is 0.155. The number of anilines is 2. The molecule has 0 saturated heterocycles. The van der Waals surface area contributed by atoms with Crippen molar-refractivity contribution in [3.8, 4) is 0 Å². The standard InChI is InChI=1S/C18H16Cl2N4OS/c1-2-13(11-6-4-3-5-7-11)16-23-24-18(26-16)22-17(25)21-12-8-9-14(19)15(20)10-12/h3-10,13H,2H2,1H3,(H2,21,22,24,25)/t13-/m0/s1. The van der Waals surface area contributed by atoms with Gasteiger partial charge in [0.25, 0.3) is 0 Å². The summed E-state index contributed by atoms with van der Waals surface area (Å²) in [5.41, 5.74) is 1.72. The van der Waals surface area contributed by atoms with Crippen molar-refractivity contribution in [3.05, 3.63) is 69.1 Å². The molecule has 1 atom stereocenters. The Morgan fingerprint density at radius 2 is 1.85 bits per heavy atom. The van der Waals surface area contributed by atoms with Crippen LogP contribution < -0.4 is 10.6 Å². The number of hydrogen-bond acceptors (Lipinski definition) is 4. The Bertz CT molecular complexity index is 901. The molecular formula is C18H16Cl2N4OS. The molecular weight excluding hydrogens is 391 g/mol. The number of carbonyl (C=O) groups excluding carboxylic acids is 1. The maximum Gasteiger partial charge on any atom is 0.325 e. The maximum absolute atomic E-state index is 12.1. The zero-order chi connectivity index (χ0) is 18.5. The van der Waals surface area contributed by atoms with Crippen molar-refractivity contribution in [1.82, 2.24) is 10.2 Å². The van der Waals surface area contributed by atoms with Crippen LogP contribution in [0.5, 0.6) is 0 Å². The van der Waals surface area contributed by atoms with Gasteiger partial charge in [-0.25, -0.2) is 4.79 Å². The third kappa shape index (κ3) is 4.52. The van der Waals surface area contributed by atoms with Gasteiger partial charge in [-0.1, -0.05) is 71.8 Å². The number of aromatic nitrogens is 2. The van der Waals surface area contributed by atoms with Gasteiger partial charge < -0.3 is 5.32 Å². The smallest absolute Gasteiger partial charge is 0.308 e. The average molecular weight is 407 g/mol. The fourth-order valence-corrected chi connectivity index (χ4v) is 3.75. The van der Waals surface area contributed by atoms with E-state index in [1.807, 2.05) is 18.2 Å². The molecule has 0 aliphatic carbocycles. The number of rotatable bonds is 5. The first-order valence-corrected chi connectivity index (χ1v) is 9.55. The van der Waals surface area contributed by atoms with E-state index in [2.05, 4.69) is 39.9 Å². The molecule has 1 heterocycles. The van der Waals surface area contributed by atoms with E-state index in [0.29, 0.717) is 20.9 Å². The topological polar surface area (TPSA) is 66.9 Å². The van der Waals surface area contributed by atoms with Gasteiger partial charge in [-0.3, -0.25) is 5.32 Å². The molecule has 1 aromatic heterocycles. The number of benzene rings is 2. The lowest BCUT2D eigenvalue weighted by molar-refractivity contribution is 0.262. The summed E-state index contributed by atoms with van der Waals surface area (Å²) in [6.07, 6.45) is 0.897. The molecule has 2 N–H and O–H groups in total. The third-order valence-electron chi connectivity index (χ3n) is 3.75. The highest BCUT2D eigenvalue weighted by molar-refractivity contribution is 7.15. The summed E-state index contributed by atoms with van der Waals surface area (Å²) >= 11 is 13.2. The molecule has 8 heteroatoms. The van der Waals surface area contributed by atoms with Crippen molar-refractivity contribution in [1.29, 1.82) is 0 Å². The van der Waals surface area contributed by atoms with Gasteiger partial charge in [0.1, 0.15) is 5.01 Å². The monoisotopic (exact) mass is 406 g/mol. The second-order valence-corrected chi connectivity index (χ2v) is 7.35. The van der Waals surface area contributed by atoms with Gasteiger partial charge in [0.15, 0.2) is 0 Å². The lowest BCUT2D eigenvalue weighted by atomic mass is 9.97. The molecule has 5 nitrogen and oxygen atoms in total. The highest BCUT2D eigenvalue weighted by Crippen LogP contribution is 2.31. The summed E-state index contributed by atoms with van der Waals surface area (Å²) in [7, 11) is 0. The summed E-state index contributed by atoms with van der Waals surface area (Å²) < 4.78 is 0. The van der Waals surface area contributed by atoms with Gasteiger partial charge in [0.05, 0.1) is 10.0 Å². The zero-order valence-electron chi connectivity index (χ0n) is 13.9. The molecule has 0 radical (unpaired) electrons. The number of carbonyl (C=O) groups is 1. The predicted octanol–water partition coefficient (Wildman–Crippen LogP) is 6.03. The lowest BCUT2D eigenvalue weighted by Crippen LogP contribution is -2.19. The molecule has 0 unspecified atom stereocenters. The third-order valence-corrected chi connectivity index (χ3v) is 5.44. The molecule has 2 aromatic carbocycles. The first-order valence-electron chi connectivity index (χ1n) is 7.98. The number of nitrogens with zero attached hydrogens (tertiary/aromatic N) is 2. The molecule has 0 aliphatic heterocycles. The molecule has 3 rings (SSSR count). The van der Waals surface area contributed by atoms with Crippen LogP contribution in [0, 0.1) is 0 Å². The van der Waals surface area contributed by atoms with Crippen molar-refractivity contribution in [2.45, 2.75) is 19.3 Å². The van der Waals surface area contributed by atoms with Crippen LogP contribution in [0.2, 0.25) is 10.0 Å². The highest BCUT2D eigenvalue weighted by Gasteiger charge is 2.18. The Kier molecular flexibility index (Phi) is 6.08. The van der Waals surface area contributed by atoms with Crippen molar-refractivity contribution in [2.75, 3.05) is 10.6 Å². The van der Waals surface area contributed by atoms with Gasteiger partial charge in [-0.15, -0.1) is 10.2 Å². The highest BCUT2D eigenvalue weighted by atomic mass is 35.5. The van der Waals surface area contributed by atoms with Crippen molar-refractivity contribution in [3.63, 3.8) is 0 Å². The van der Waals surface area contributed by atoms with Gasteiger partial charge in [0, 0.05) is 11.6 Å². The van der Waals surface area contributed by atoms with Crippen LogP contribution in [0.15, 0.2) is 48.5 Å². The number of hydrogen-bond donors (Lipinski definition) is 2. The number of halogens is 2. The van der Waals surface area contributed by atoms with E-state index in [0.717, 1.165) is 11.4 Å². The first-order chi connectivity index (χ1) is 12.6. The van der Waals surface area contributed by atoms with Crippen molar-refractivity contribution >= 4 is 51.4 Å². The fraction of sp³-hybridized carbons (Fsp3) is 0.167. The molecule has 3 aromatic rings. The Hall–Kier alpha value is -2.15. The Labute approximate surface area is 165 Å². The van der Waals surface area contributed by atoms with Crippen LogP contribution in [0.4, 0.5) is 15.6 Å². The molecule has 0 fully saturated rings. The molecule has 0 saturated carbocycles. The Balaban J connectivity index is 1.67. The number of amides is 2. The van der Waals surface area contributed by atoms with Crippen LogP contribution in [-0.2, 0) is 0 Å². The van der Waals surface area contributed by atoms with E-state index in [-0.39, 0.29) is 5.92 Å². The first kappa shape index (κ1) is 18.6. The Morgan fingerprint density at radius 3 is 2.54 bits per heavy atom. The quantitative estimate of drug-likeness (QED) is 0.543. The van der Waals surface area contributed by atoms with Gasteiger partial charge in [-0.2, -0.15) is 0 Å². The lowest BCUT2D eigenvalue weighted by Gasteiger charge is -2.11. The van der Waals surface area contributed by atoms with Crippen LogP contribution in [0.3, 0.4) is 0 Å². The Morgan fingerprint density at radius 1 is 1.08 bits per heavy atom. The van der Waals surface area contributed by atoms with Crippen LogP contribution in [0.1, 0.15) is 29.8 Å². The second kappa shape index (κ2) is 8.49. The summed E-state index contributed by atoms with van der Waals surface area (Å²) in [5, 5.41) is 15.8. The zero-order valence-corrected chi connectivity index (χ0v) is 16.2. The molecule has 0 bridgehead atoms. The summed E-state index contributed by atoms with van der Waals surface area (Å²) in [6.45, 7) is 2.10. The van der Waals surface area contributed by atoms with E-state index in [9.17, 15) is 4.79 Å². The van der Waals surface area contributed by atoms with Crippen LogP contribution in [0.25, 0.3) is 0 Å². The van der Waals surface area contributed by atoms with Gasteiger partial charge >= 0.3 is 6.03 Å². The minimum Gasteiger partial charge on any atom is -0.308 e. The normalized spacial score (nSPS) is 11.8. The summed E-state index contributed by atoms with van der Waals surface area (Å²) in [5.74, 6) is 0.155. The van der Waals surface area contributed by atoms with E-state index < -0.39 is 6.03 Å². The van der Waals surface area contributed by atoms with Gasteiger partial charge in [0.2, 0.25) is 5.13 Å². The molecule has 2 amide bonds. The maximum atomic E-state index is 12.1. The molecule has 0 spiro atoms. The number of nitrogens with one attached hydrogen (secondary N) is 2. The minimum atomic E-state index is -0.418. The number of urea groups is 1. The van der Waals surface area contributed by atoms with Crippen molar-refractivity contribution < 1.29 is 4.79 Å². The average Bonchev–Trinajstić information content (AvgIpc) is 3.08. The van der Waals surface area contributed by atoms with Gasteiger partial charge in [-0.05, 0) is 30.2 Å². The van der Waals surface area contributed by atoms with Crippen molar-refractivity contribution in [2.24, 2.45) is 0 Å². The van der Waals surface area contributed by atoms with Crippen LogP contribution in [-0.4, -0.2) is 16.2 Å². The predicted molar refractivity (Wildman–Crippen MR) is 108 cm³/mol. The largest absolute Gasteiger partial charge is 0.325 e. The van der Waals surface area contributed by atoms with E-state index in [4.69, 9.17) is 23.2 Å². The fourth-order valence-electron chi connectivity index (χ4n) is 2.50. The summed E-state index contributed by atoms with van der Waals surface area (Å²) in [6, 6.07) is 14.6. The SMILES string of the molecule is CC[C@@H](c1ccccc1)c1nnc(NC(=O)Nc2ccc(Cl)c(Cl)c2)s1. The molecule has 0 aliphatic rings. The second-order valence-electron chi connectivity index (χ2n) is 5.52. The van der Waals surface area contributed by atoms with Crippen LogP contribution >= 0.6 is 34.5 Å². The van der Waals surface area contributed by atoms with E-state index >= 15 is 0 Å².